The Labute approximate surface area is 96.3 Å². The highest BCUT2D eigenvalue weighted by atomic mass is 19.3. The Morgan fingerprint density at radius 1 is 1.24 bits per heavy atom. The Bertz CT molecular complexity index is 329. The quantitative estimate of drug-likeness (QED) is 0.700. The summed E-state index contributed by atoms with van der Waals surface area (Å²) in [6, 6.07) is 0. The second-order valence-electron chi connectivity index (χ2n) is 3.41. The molecule has 5 nitrogen and oxygen atoms in total. The second-order valence-corrected chi connectivity index (χ2v) is 3.41. The Balaban J connectivity index is 2.85. The first-order valence-corrected chi connectivity index (χ1v) is 4.86. The summed E-state index contributed by atoms with van der Waals surface area (Å²) in [5.41, 5.74) is 0. The van der Waals surface area contributed by atoms with Crippen molar-refractivity contribution < 1.29 is 32.6 Å². The van der Waals surface area contributed by atoms with Gasteiger partial charge in [0.1, 0.15) is 0 Å². The van der Waals surface area contributed by atoms with Crippen LogP contribution in [-0.4, -0.2) is 36.7 Å². The summed E-state index contributed by atoms with van der Waals surface area (Å²) in [6.45, 7) is 2.21. The largest absolute Gasteiger partial charge is 0.488 e. The van der Waals surface area contributed by atoms with Gasteiger partial charge in [0.15, 0.2) is 18.3 Å². The summed E-state index contributed by atoms with van der Waals surface area (Å²) in [7, 11) is 0. The average Bonchev–Trinajstić information content (AvgIpc) is 2.18. The van der Waals surface area contributed by atoms with E-state index in [4.69, 9.17) is 9.47 Å². The van der Waals surface area contributed by atoms with Crippen LogP contribution in [0.15, 0.2) is 12.3 Å². The molecule has 0 saturated heterocycles. The predicted octanol–water partition coefficient (Wildman–Crippen LogP) is 1.03. The lowest BCUT2D eigenvalue weighted by Crippen LogP contribution is -2.48. The maximum Gasteiger partial charge on any atom is 0.303 e. The molecular weight excluding hydrogens is 238 g/mol. The van der Waals surface area contributed by atoms with Crippen LogP contribution in [0.3, 0.4) is 0 Å². The number of carbonyl (C=O) groups is 2. The summed E-state index contributed by atoms with van der Waals surface area (Å²) < 4.78 is 39.4. The highest BCUT2D eigenvalue weighted by molar-refractivity contribution is 5.67. The first-order chi connectivity index (χ1) is 7.91. The van der Waals surface area contributed by atoms with E-state index in [1.54, 1.807) is 0 Å². The maximum absolute atomic E-state index is 12.6. The fourth-order valence-electron chi connectivity index (χ4n) is 1.41. The molecule has 0 saturated carbocycles. The van der Waals surface area contributed by atoms with Gasteiger partial charge in [0.05, 0.1) is 6.26 Å². The van der Waals surface area contributed by atoms with Gasteiger partial charge in [-0.05, 0) is 6.08 Å². The molecule has 0 unspecified atom stereocenters. The molecule has 0 spiro atoms. The molecule has 0 radical (unpaired) electrons. The molecule has 0 aliphatic carbocycles. The van der Waals surface area contributed by atoms with Gasteiger partial charge < -0.3 is 14.2 Å². The van der Waals surface area contributed by atoms with Crippen LogP contribution in [0.25, 0.3) is 0 Å². The van der Waals surface area contributed by atoms with Gasteiger partial charge in [-0.1, -0.05) is 0 Å². The number of ether oxygens (including phenoxy) is 3. The molecule has 1 aliphatic rings. The van der Waals surface area contributed by atoms with Gasteiger partial charge >= 0.3 is 11.9 Å². The number of alkyl halides is 2. The summed E-state index contributed by atoms with van der Waals surface area (Å²) >= 11 is 0. The van der Waals surface area contributed by atoms with E-state index in [-0.39, 0.29) is 0 Å². The van der Waals surface area contributed by atoms with Gasteiger partial charge in [0.25, 0.3) is 6.43 Å². The van der Waals surface area contributed by atoms with Crippen molar-refractivity contribution in [3.05, 3.63) is 12.3 Å². The first kappa shape index (κ1) is 13.4. The van der Waals surface area contributed by atoms with Crippen LogP contribution >= 0.6 is 0 Å². The van der Waals surface area contributed by atoms with E-state index >= 15 is 0 Å². The lowest BCUT2D eigenvalue weighted by atomic mass is 10.1. The van der Waals surface area contributed by atoms with Crippen LogP contribution in [0.5, 0.6) is 0 Å². The molecule has 0 aromatic carbocycles. The van der Waals surface area contributed by atoms with Crippen molar-refractivity contribution in [3.8, 4) is 0 Å². The van der Waals surface area contributed by atoms with Gasteiger partial charge in [-0.2, -0.15) is 0 Å². The molecule has 0 fully saturated rings. The van der Waals surface area contributed by atoms with E-state index in [9.17, 15) is 18.4 Å². The molecule has 0 N–H and O–H groups in total. The summed E-state index contributed by atoms with van der Waals surface area (Å²) in [6.07, 6.45) is -4.67. The van der Waals surface area contributed by atoms with E-state index < -0.39 is 36.7 Å². The molecule has 0 aromatic heterocycles. The maximum atomic E-state index is 12.6. The summed E-state index contributed by atoms with van der Waals surface area (Å²) in [5.74, 6) is -1.41. The fourth-order valence-corrected chi connectivity index (χ4v) is 1.41. The van der Waals surface area contributed by atoms with Crippen molar-refractivity contribution in [2.45, 2.75) is 38.6 Å². The minimum absolute atomic E-state index is 0.660. The van der Waals surface area contributed by atoms with Gasteiger partial charge in [-0.3, -0.25) is 9.59 Å². The average molecular weight is 250 g/mol. The normalized spacial score (nSPS) is 27.5. The molecule has 1 rings (SSSR count). The third-order valence-corrected chi connectivity index (χ3v) is 2.00. The van der Waals surface area contributed by atoms with E-state index in [0.29, 0.717) is 0 Å². The minimum Gasteiger partial charge on any atom is -0.488 e. The zero-order valence-electron chi connectivity index (χ0n) is 9.26. The lowest BCUT2D eigenvalue weighted by Gasteiger charge is -2.32. The molecular formula is C10H12F2O5. The third-order valence-electron chi connectivity index (χ3n) is 2.00. The number of carbonyl (C=O) groups excluding carboxylic acids is 2. The highest BCUT2D eigenvalue weighted by Crippen LogP contribution is 2.23. The molecule has 1 aliphatic heterocycles. The van der Waals surface area contributed by atoms with Gasteiger partial charge in [0.2, 0.25) is 0 Å². The third kappa shape index (κ3) is 3.69. The molecule has 96 valence electrons. The van der Waals surface area contributed by atoms with Crippen LogP contribution < -0.4 is 0 Å². The van der Waals surface area contributed by atoms with Gasteiger partial charge in [0, 0.05) is 13.8 Å². The van der Waals surface area contributed by atoms with E-state index in [1.165, 1.54) is 6.08 Å². The van der Waals surface area contributed by atoms with Crippen LogP contribution in [0.4, 0.5) is 8.78 Å². The molecule has 0 aromatic rings. The Morgan fingerprint density at radius 2 is 1.82 bits per heavy atom. The standard InChI is InChI=1S/C10H12F2O5/c1-5(13)16-7-3-4-15-9(10(11)12)8(7)17-6(2)14/h3-4,7-10H,1-2H3/t7-,8-,9+/m1/s1. The van der Waals surface area contributed by atoms with Crippen molar-refractivity contribution in [1.82, 2.24) is 0 Å². The van der Waals surface area contributed by atoms with Crippen molar-refractivity contribution in [2.75, 3.05) is 0 Å². The van der Waals surface area contributed by atoms with Crippen molar-refractivity contribution in [3.63, 3.8) is 0 Å². The SMILES string of the molecule is CC(=O)O[C@H]1[C@@H](C(F)F)OC=C[C@H]1OC(C)=O. The van der Waals surface area contributed by atoms with Crippen LogP contribution in [-0.2, 0) is 23.8 Å². The minimum atomic E-state index is -2.86. The van der Waals surface area contributed by atoms with Crippen molar-refractivity contribution >= 4 is 11.9 Å². The van der Waals surface area contributed by atoms with Gasteiger partial charge in [-0.15, -0.1) is 0 Å². The molecule has 7 heteroatoms. The number of hydrogen-bond acceptors (Lipinski definition) is 5. The van der Waals surface area contributed by atoms with Crippen molar-refractivity contribution in [1.29, 1.82) is 0 Å². The number of rotatable bonds is 3. The highest BCUT2D eigenvalue weighted by Gasteiger charge is 2.42. The molecule has 0 amide bonds. The zero-order chi connectivity index (χ0) is 13.0. The summed E-state index contributed by atoms with van der Waals surface area (Å²) in [4.78, 5) is 21.6. The van der Waals surface area contributed by atoms with Crippen LogP contribution in [0, 0.1) is 0 Å². The zero-order valence-corrected chi connectivity index (χ0v) is 9.26. The topological polar surface area (TPSA) is 61.8 Å². The molecule has 3 atom stereocenters. The molecule has 17 heavy (non-hydrogen) atoms. The van der Waals surface area contributed by atoms with E-state index in [1.807, 2.05) is 0 Å². The van der Waals surface area contributed by atoms with Crippen molar-refractivity contribution in [2.24, 2.45) is 0 Å². The van der Waals surface area contributed by atoms with Crippen LogP contribution in [0.1, 0.15) is 13.8 Å². The Morgan fingerprint density at radius 3 is 2.29 bits per heavy atom. The van der Waals surface area contributed by atoms with E-state index in [2.05, 4.69) is 4.74 Å². The number of hydrogen-bond donors (Lipinski definition) is 0. The monoisotopic (exact) mass is 250 g/mol. The lowest BCUT2D eigenvalue weighted by molar-refractivity contribution is -0.184. The second kappa shape index (κ2) is 5.60. The summed E-state index contributed by atoms with van der Waals surface area (Å²) in [5, 5.41) is 0. The predicted molar refractivity (Wildman–Crippen MR) is 51.1 cm³/mol. The smallest absolute Gasteiger partial charge is 0.303 e. The van der Waals surface area contributed by atoms with E-state index in [0.717, 1.165) is 20.1 Å². The molecule has 0 bridgehead atoms. The Hall–Kier alpha value is -1.66. The molecule has 1 heterocycles. The fraction of sp³-hybridized carbons (Fsp3) is 0.600. The first-order valence-electron chi connectivity index (χ1n) is 4.86. The van der Waals surface area contributed by atoms with Gasteiger partial charge in [-0.25, -0.2) is 8.78 Å². The van der Waals surface area contributed by atoms with Crippen LogP contribution in [0.2, 0.25) is 0 Å². The number of halogens is 2. The Kier molecular flexibility index (Phi) is 4.42. The number of esters is 2.